The summed E-state index contributed by atoms with van der Waals surface area (Å²) in [4.78, 5) is 14.6. The lowest BCUT2D eigenvalue weighted by Crippen LogP contribution is -2.47. The van der Waals surface area contributed by atoms with Gasteiger partial charge in [-0.3, -0.25) is 0 Å². The van der Waals surface area contributed by atoms with E-state index in [2.05, 4.69) is 10.2 Å². The molecule has 1 fully saturated rings. The van der Waals surface area contributed by atoms with Gasteiger partial charge in [0.15, 0.2) is 0 Å². The molecule has 1 saturated carbocycles. The Morgan fingerprint density at radius 1 is 1.50 bits per heavy atom. The summed E-state index contributed by atoms with van der Waals surface area (Å²) in [5, 5.41) is 2.73. The summed E-state index contributed by atoms with van der Waals surface area (Å²) in [7, 11) is 0. The monoisotopic (exact) mass is 196 g/mol. The van der Waals surface area contributed by atoms with Crippen molar-refractivity contribution in [3.05, 3.63) is 11.4 Å². The van der Waals surface area contributed by atoms with Gasteiger partial charge in [-0.1, -0.05) is 0 Å². The fourth-order valence-corrected chi connectivity index (χ4v) is 1.29. The highest BCUT2D eigenvalue weighted by atomic mass is 16.6. The van der Waals surface area contributed by atoms with Gasteiger partial charge < -0.3 is 14.9 Å². The average molecular weight is 196 g/mol. The first-order valence-corrected chi connectivity index (χ1v) is 4.77. The zero-order valence-electron chi connectivity index (χ0n) is 8.83. The van der Waals surface area contributed by atoms with Crippen LogP contribution in [0.25, 0.3) is 4.85 Å². The molecule has 1 rings (SSSR count). The number of amides is 1. The Morgan fingerprint density at radius 3 is 2.50 bits per heavy atom. The van der Waals surface area contributed by atoms with E-state index in [0.29, 0.717) is 0 Å². The zero-order valence-corrected chi connectivity index (χ0v) is 8.83. The summed E-state index contributed by atoms with van der Waals surface area (Å²) >= 11 is 0. The van der Waals surface area contributed by atoms with E-state index in [0.717, 1.165) is 12.8 Å². The minimum atomic E-state index is -0.451. The quantitative estimate of drug-likeness (QED) is 0.651. The standard InChI is InChI=1S/C10H16N2O2/c1-10(2,3)14-9(13)12-8-5-7(6-8)11-4/h7-8H,5-6H2,1-3H3,(H,12,13). The molecular weight excluding hydrogens is 180 g/mol. The van der Waals surface area contributed by atoms with E-state index in [9.17, 15) is 4.79 Å². The van der Waals surface area contributed by atoms with E-state index in [1.54, 1.807) is 0 Å². The van der Waals surface area contributed by atoms with Gasteiger partial charge in [0, 0.05) is 18.9 Å². The smallest absolute Gasteiger partial charge is 0.407 e. The maximum atomic E-state index is 11.2. The SMILES string of the molecule is [C-]#[N+]C1CC(NC(=O)OC(C)(C)C)C1. The molecule has 14 heavy (non-hydrogen) atoms. The van der Waals surface area contributed by atoms with Crippen molar-refractivity contribution >= 4 is 6.09 Å². The molecule has 1 aliphatic rings. The number of nitrogens with zero attached hydrogens (tertiary/aromatic N) is 1. The highest BCUT2D eigenvalue weighted by molar-refractivity contribution is 5.68. The predicted molar refractivity (Wildman–Crippen MR) is 52.8 cm³/mol. The molecule has 1 N–H and O–H groups in total. The van der Waals surface area contributed by atoms with E-state index in [1.807, 2.05) is 20.8 Å². The van der Waals surface area contributed by atoms with Gasteiger partial charge in [-0.25, -0.2) is 11.4 Å². The molecule has 4 heteroatoms. The zero-order chi connectivity index (χ0) is 10.8. The van der Waals surface area contributed by atoms with Crippen LogP contribution in [0.2, 0.25) is 0 Å². The van der Waals surface area contributed by atoms with Gasteiger partial charge in [-0.05, 0) is 20.8 Å². The van der Waals surface area contributed by atoms with Gasteiger partial charge in [0.1, 0.15) is 5.60 Å². The van der Waals surface area contributed by atoms with Gasteiger partial charge in [0.25, 0.3) is 0 Å². The number of hydrogen-bond donors (Lipinski definition) is 1. The van der Waals surface area contributed by atoms with Crippen LogP contribution >= 0.6 is 0 Å². The maximum absolute atomic E-state index is 11.2. The molecule has 0 bridgehead atoms. The van der Waals surface area contributed by atoms with Gasteiger partial charge in [0.05, 0.1) is 0 Å². The molecule has 1 aliphatic carbocycles. The predicted octanol–water partition coefficient (Wildman–Crippen LogP) is 1.96. The normalized spacial score (nSPS) is 25.9. The third-order valence-corrected chi connectivity index (χ3v) is 2.02. The second-order valence-electron chi connectivity index (χ2n) is 4.60. The van der Waals surface area contributed by atoms with E-state index < -0.39 is 5.60 Å². The summed E-state index contributed by atoms with van der Waals surface area (Å²) in [6.07, 6.45) is 1.12. The van der Waals surface area contributed by atoms with E-state index in [-0.39, 0.29) is 18.2 Å². The van der Waals surface area contributed by atoms with E-state index >= 15 is 0 Å². The molecule has 0 unspecified atom stereocenters. The first kappa shape index (κ1) is 10.8. The van der Waals surface area contributed by atoms with Crippen LogP contribution in [0.15, 0.2) is 0 Å². The Morgan fingerprint density at radius 2 is 2.07 bits per heavy atom. The summed E-state index contributed by atoms with van der Waals surface area (Å²) in [5.41, 5.74) is -0.451. The molecule has 0 heterocycles. The van der Waals surface area contributed by atoms with Gasteiger partial charge in [0.2, 0.25) is 6.04 Å². The van der Waals surface area contributed by atoms with Crippen LogP contribution in [0, 0.1) is 6.57 Å². The molecule has 0 atom stereocenters. The molecule has 0 aliphatic heterocycles. The van der Waals surface area contributed by atoms with Crippen molar-refractivity contribution < 1.29 is 9.53 Å². The molecular formula is C10H16N2O2. The Kier molecular flexibility index (Phi) is 3.00. The van der Waals surface area contributed by atoms with Gasteiger partial charge >= 0.3 is 6.09 Å². The van der Waals surface area contributed by atoms with Crippen molar-refractivity contribution in [1.29, 1.82) is 0 Å². The van der Waals surface area contributed by atoms with Gasteiger partial charge in [-0.2, -0.15) is 0 Å². The van der Waals surface area contributed by atoms with Crippen LogP contribution in [0.3, 0.4) is 0 Å². The second-order valence-corrected chi connectivity index (χ2v) is 4.60. The lowest BCUT2D eigenvalue weighted by molar-refractivity contribution is 0.0477. The summed E-state index contributed by atoms with van der Waals surface area (Å²) in [6, 6.07) is 0.221. The van der Waals surface area contributed by atoms with Crippen molar-refractivity contribution in [3.63, 3.8) is 0 Å². The lowest BCUT2D eigenvalue weighted by atomic mass is 9.88. The molecule has 4 nitrogen and oxygen atoms in total. The third-order valence-electron chi connectivity index (χ3n) is 2.02. The molecule has 78 valence electrons. The number of ether oxygens (including phenoxy) is 1. The Bertz CT molecular complexity index is 256. The van der Waals surface area contributed by atoms with E-state index in [1.165, 1.54) is 0 Å². The van der Waals surface area contributed by atoms with Crippen LogP contribution in [0.5, 0.6) is 0 Å². The summed E-state index contributed by atoms with van der Waals surface area (Å²) in [6.45, 7) is 12.2. The van der Waals surface area contributed by atoms with Crippen LogP contribution in [0.4, 0.5) is 4.79 Å². The Balaban J connectivity index is 2.21. The first-order chi connectivity index (χ1) is 6.40. The van der Waals surface area contributed by atoms with Crippen LogP contribution in [0.1, 0.15) is 33.6 Å². The van der Waals surface area contributed by atoms with Crippen molar-refractivity contribution in [1.82, 2.24) is 5.32 Å². The summed E-state index contributed by atoms with van der Waals surface area (Å²) in [5.74, 6) is 0. The molecule has 0 aromatic heterocycles. The molecule has 0 saturated heterocycles. The second kappa shape index (κ2) is 3.87. The molecule has 0 aromatic rings. The topological polar surface area (TPSA) is 42.7 Å². The minimum Gasteiger partial charge on any atom is -0.444 e. The van der Waals surface area contributed by atoms with E-state index in [4.69, 9.17) is 11.3 Å². The Labute approximate surface area is 84.4 Å². The number of nitrogens with one attached hydrogen (secondary N) is 1. The fourth-order valence-electron chi connectivity index (χ4n) is 1.29. The van der Waals surface area contributed by atoms with Crippen LogP contribution in [-0.4, -0.2) is 23.8 Å². The van der Waals surface area contributed by atoms with Crippen LogP contribution in [-0.2, 0) is 4.74 Å². The molecule has 0 spiro atoms. The Hall–Kier alpha value is -1.24. The summed E-state index contributed by atoms with van der Waals surface area (Å²) < 4.78 is 5.09. The number of carbonyl (C=O) groups excluding carboxylic acids is 1. The highest BCUT2D eigenvalue weighted by Crippen LogP contribution is 2.23. The van der Waals surface area contributed by atoms with Crippen LogP contribution < -0.4 is 5.32 Å². The van der Waals surface area contributed by atoms with Gasteiger partial charge in [-0.15, -0.1) is 0 Å². The lowest BCUT2D eigenvalue weighted by Gasteiger charge is -2.29. The number of rotatable bonds is 1. The number of hydrogen-bond acceptors (Lipinski definition) is 2. The van der Waals surface area contributed by atoms with Crippen molar-refractivity contribution in [2.75, 3.05) is 0 Å². The number of alkyl carbamates (subject to hydrolysis) is 1. The highest BCUT2D eigenvalue weighted by Gasteiger charge is 2.35. The molecule has 0 aromatic carbocycles. The molecule has 1 amide bonds. The number of carbonyl (C=O) groups is 1. The van der Waals surface area contributed by atoms with Crippen molar-refractivity contribution in [3.8, 4) is 0 Å². The fraction of sp³-hybridized carbons (Fsp3) is 0.800. The minimum absolute atomic E-state index is 0.0925. The largest absolute Gasteiger partial charge is 0.444 e. The third kappa shape index (κ3) is 3.25. The maximum Gasteiger partial charge on any atom is 0.407 e. The molecule has 0 radical (unpaired) electrons. The first-order valence-electron chi connectivity index (χ1n) is 4.77. The average Bonchev–Trinajstić information content (AvgIpc) is 1.91. The van der Waals surface area contributed by atoms with Crippen molar-refractivity contribution in [2.24, 2.45) is 0 Å². The van der Waals surface area contributed by atoms with Crippen molar-refractivity contribution in [2.45, 2.75) is 51.3 Å².